The van der Waals surface area contributed by atoms with Gasteiger partial charge in [-0.05, 0) is 52.5 Å². The van der Waals surface area contributed by atoms with Gasteiger partial charge in [-0.1, -0.05) is 19.8 Å². The summed E-state index contributed by atoms with van der Waals surface area (Å²) in [5, 5.41) is 0. The second-order valence-electron chi connectivity index (χ2n) is 5.49. The molecule has 1 aromatic carbocycles. The van der Waals surface area contributed by atoms with Crippen molar-refractivity contribution in [3.63, 3.8) is 0 Å². The van der Waals surface area contributed by atoms with Crippen LogP contribution in [0.1, 0.15) is 26.2 Å². The molecule has 5 heteroatoms. The Balaban J connectivity index is 2.05. The first-order chi connectivity index (χ1) is 9.06. The Morgan fingerprint density at radius 3 is 2.95 bits per heavy atom. The zero-order chi connectivity index (χ0) is 13.6. The fourth-order valence-electron chi connectivity index (χ4n) is 3.06. The molecular weight excluding hydrogens is 327 g/mol. The van der Waals surface area contributed by atoms with Gasteiger partial charge in [0.1, 0.15) is 5.82 Å². The highest BCUT2D eigenvalue weighted by molar-refractivity contribution is 9.10. The second-order valence-corrected chi connectivity index (χ2v) is 6.73. The van der Waals surface area contributed by atoms with E-state index in [0.717, 1.165) is 23.5 Å². The molecule has 1 aromatic heterocycles. The van der Waals surface area contributed by atoms with E-state index in [4.69, 9.17) is 12.2 Å². The fraction of sp³-hybridized carbons (Fsp3) is 0.500. The summed E-state index contributed by atoms with van der Waals surface area (Å²) in [5.74, 6) is 1.14. The summed E-state index contributed by atoms with van der Waals surface area (Å²) in [7, 11) is 0. The molecule has 1 aliphatic carbocycles. The zero-order valence-electron chi connectivity index (χ0n) is 10.7. The lowest BCUT2D eigenvalue weighted by molar-refractivity contribution is 0.366. The van der Waals surface area contributed by atoms with Gasteiger partial charge in [-0.25, -0.2) is 4.39 Å². The maximum atomic E-state index is 13.7. The van der Waals surface area contributed by atoms with E-state index in [-0.39, 0.29) is 5.82 Å². The van der Waals surface area contributed by atoms with Crippen LogP contribution in [-0.2, 0) is 6.54 Å². The zero-order valence-corrected chi connectivity index (χ0v) is 13.2. The van der Waals surface area contributed by atoms with Gasteiger partial charge in [0.25, 0.3) is 0 Å². The fourth-order valence-corrected chi connectivity index (χ4v) is 3.69. The molecule has 0 bridgehead atoms. The normalized spacial score (nSPS) is 23.3. The Hall–Kier alpha value is -0.680. The molecule has 0 aliphatic heterocycles. The summed E-state index contributed by atoms with van der Waals surface area (Å²) in [6.07, 6.45) is 3.83. The Bertz CT molecular complexity index is 676. The monoisotopic (exact) mass is 342 g/mol. The van der Waals surface area contributed by atoms with Gasteiger partial charge >= 0.3 is 0 Å². The number of nitrogens with one attached hydrogen (secondary N) is 1. The Morgan fingerprint density at radius 1 is 1.47 bits per heavy atom. The number of benzene rings is 1. The molecule has 1 aliphatic rings. The van der Waals surface area contributed by atoms with Crippen LogP contribution in [0, 0.1) is 22.4 Å². The molecule has 0 radical (unpaired) electrons. The molecule has 1 fully saturated rings. The number of nitrogens with zero attached hydrogens (tertiary/aromatic N) is 1. The van der Waals surface area contributed by atoms with Gasteiger partial charge in [-0.3, -0.25) is 0 Å². The van der Waals surface area contributed by atoms with Gasteiger partial charge in [0.15, 0.2) is 4.77 Å². The van der Waals surface area contributed by atoms with Crippen LogP contribution >= 0.6 is 28.1 Å². The lowest BCUT2D eigenvalue weighted by Crippen LogP contribution is -2.13. The van der Waals surface area contributed by atoms with Gasteiger partial charge in [0, 0.05) is 12.6 Å². The molecule has 1 N–H and O–H groups in total. The van der Waals surface area contributed by atoms with Gasteiger partial charge in [-0.15, -0.1) is 0 Å². The maximum absolute atomic E-state index is 13.7. The minimum Gasteiger partial charge on any atom is -0.331 e. The summed E-state index contributed by atoms with van der Waals surface area (Å²) in [6, 6.07) is 3.32. The first-order valence-electron chi connectivity index (χ1n) is 6.64. The number of fused-ring (bicyclic) bond motifs is 1. The summed E-state index contributed by atoms with van der Waals surface area (Å²) < 4.78 is 16.9. The van der Waals surface area contributed by atoms with Crippen LogP contribution in [-0.4, -0.2) is 9.55 Å². The highest BCUT2D eigenvalue weighted by atomic mass is 79.9. The Labute approximate surface area is 125 Å². The molecule has 2 atom stereocenters. The molecule has 2 unspecified atom stereocenters. The molecular formula is C14H16BrFN2S. The summed E-state index contributed by atoms with van der Waals surface area (Å²) in [6.45, 7) is 3.19. The topological polar surface area (TPSA) is 20.7 Å². The number of aromatic amines is 1. The standard InChI is InChI=1S/C14H16BrFN2S/c1-8-3-2-4-9(8)7-18-13-6-11(16)10(15)5-12(13)17-14(18)19/h5-6,8-9H,2-4,7H2,1H3,(H,17,19). The first kappa shape index (κ1) is 13.3. The van der Waals surface area contributed by atoms with Crippen molar-refractivity contribution >= 4 is 39.2 Å². The van der Waals surface area contributed by atoms with Crippen LogP contribution in [0.25, 0.3) is 11.0 Å². The summed E-state index contributed by atoms with van der Waals surface area (Å²) in [5.41, 5.74) is 1.76. The third kappa shape index (κ3) is 2.38. The number of imidazole rings is 1. The van der Waals surface area contributed by atoms with Gasteiger partial charge in [0.2, 0.25) is 0 Å². The average molecular weight is 343 g/mol. The van der Waals surface area contributed by atoms with E-state index < -0.39 is 0 Å². The molecule has 19 heavy (non-hydrogen) atoms. The first-order valence-corrected chi connectivity index (χ1v) is 7.84. The Kier molecular flexibility index (Phi) is 3.52. The molecule has 0 amide bonds. The van der Waals surface area contributed by atoms with Crippen molar-refractivity contribution in [3.05, 3.63) is 27.2 Å². The van der Waals surface area contributed by atoms with Crippen molar-refractivity contribution in [2.24, 2.45) is 11.8 Å². The van der Waals surface area contributed by atoms with Crippen LogP contribution in [0.3, 0.4) is 0 Å². The Morgan fingerprint density at radius 2 is 2.26 bits per heavy atom. The minimum atomic E-state index is -0.241. The van der Waals surface area contributed by atoms with Crippen molar-refractivity contribution < 1.29 is 4.39 Å². The second kappa shape index (κ2) is 5.02. The van der Waals surface area contributed by atoms with Crippen LogP contribution < -0.4 is 0 Å². The molecule has 3 rings (SSSR count). The van der Waals surface area contributed by atoms with E-state index in [1.807, 2.05) is 4.57 Å². The van der Waals surface area contributed by atoms with E-state index >= 15 is 0 Å². The van der Waals surface area contributed by atoms with Crippen molar-refractivity contribution in [1.29, 1.82) is 0 Å². The van der Waals surface area contributed by atoms with E-state index in [2.05, 4.69) is 27.8 Å². The quantitative estimate of drug-likeness (QED) is 0.758. The average Bonchev–Trinajstić information content (AvgIpc) is 2.88. The van der Waals surface area contributed by atoms with E-state index in [9.17, 15) is 4.39 Å². The van der Waals surface area contributed by atoms with Gasteiger partial charge < -0.3 is 9.55 Å². The predicted octanol–water partition coefficient (Wildman–Crippen LogP) is 5.04. The molecule has 102 valence electrons. The summed E-state index contributed by atoms with van der Waals surface area (Å²) >= 11 is 8.59. The van der Waals surface area contributed by atoms with Crippen LogP contribution in [0.2, 0.25) is 0 Å². The number of rotatable bonds is 2. The smallest absolute Gasteiger partial charge is 0.178 e. The highest BCUT2D eigenvalue weighted by Crippen LogP contribution is 2.33. The van der Waals surface area contributed by atoms with E-state index in [1.165, 1.54) is 19.3 Å². The molecule has 2 nitrogen and oxygen atoms in total. The predicted molar refractivity (Wildman–Crippen MR) is 81.3 cm³/mol. The van der Waals surface area contributed by atoms with Crippen LogP contribution in [0.4, 0.5) is 4.39 Å². The van der Waals surface area contributed by atoms with Crippen LogP contribution in [0.5, 0.6) is 0 Å². The van der Waals surface area contributed by atoms with Crippen molar-refractivity contribution in [2.75, 3.05) is 0 Å². The number of hydrogen-bond donors (Lipinski definition) is 1. The van der Waals surface area contributed by atoms with E-state index in [0.29, 0.717) is 15.2 Å². The SMILES string of the molecule is CC1CCCC1Cn1c(=S)[nH]c2cc(Br)c(F)cc21. The molecule has 0 saturated heterocycles. The molecule has 1 heterocycles. The number of halogens is 2. The lowest BCUT2D eigenvalue weighted by atomic mass is 9.98. The number of aromatic nitrogens is 2. The van der Waals surface area contributed by atoms with Gasteiger partial charge in [0.05, 0.1) is 15.5 Å². The number of hydrogen-bond acceptors (Lipinski definition) is 1. The molecule has 2 aromatic rings. The molecule has 0 spiro atoms. The van der Waals surface area contributed by atoms with Crippen LogP contribution in [0.15, 0.2) is 16.6 Å². The number of H-pyrrole nitrogens is 1. The van der Waals surface area contributed by atoms with Crippen molar-refractivity contribution in [2.45, 2.75) is 32.7 Å². The van der Waals surface area contributed by atoms with Gasteiger partial charge in [-0.2, -0.15) is 0 Å². The largest absolute Gasteiger partial charge is 0.331 e. The highest BCUT2D eigenvalue weighted by Gasteiger charge is 2.24. The van der Waals surface area contributed by atoms with Crippen molar-refractivity contribution in [3.8, 4) is 0 Å². The van der Waals surface area contributed by atoms with E-state index in [1.54, 1.807) is 12.1 Å². The lowest BCUT2D eigenvalue weighted by Gasteiger charge is -2.16. The third-order valence-corrected chi connectivity index (χ3v) is 5.20. The molecule has 1 saturated carbocycles. The summed E-state index contributed by atoms with van der Waals surface area (Å²) in [4.78, 5) is 3.17. The maximum Gasteiger partial charge on any atom is 0.178 e. The third-order valence-electron chi connectivity index (χ3n) is 4.27. The van der Waals surface area contributed by atoms with Crippen molar-refractivity contribution in [1.82, 2.24) is 9.55 Å². The minimum absolute atomic E-state index is 0.241.